The van der Waals surface area contributed by atoms with E-state index in [0.717, 1.165) is 20.7 Å². The molecule has 0 spiro atoms. The quantitative estimate of drug-likeness (QED) is 0.375. The zero-order valence-corrected chi connectivity index (χ0v) is 15.3. The number of nitro groups is 1. The first-order valence-corrected chi connectivity index (χ1v) is 8.33. The fraction of sp³-hybridized carbons (Fsp3) is 0.0588. The molecule has 0 aliphatic carbocycles. The summed E-state index contributed by atoms with van der Waals surface area (Å²) in [5.41, 5.74) is 5.03. The Kier molecular flexibility index (Phi) is 4.99. The molecule has 1 aromatic heterocycles. The maximum atomic E-state index is 11.5. The Morgan fingerprint density at radius 2 is 2.04 bits per heavy atom. The Morgan fingerprint density at radius 1 is 1.27 bits per heavy atom. The first-order chi connectivity index (χ1) is 12.5. The van der Waals surface area contributed by atoms with Gasteiger partial charge in [-0.2, -0.15) is 5.10 Å². The third-order valence-electron chi connectivity index (χ3n) is 3.61. The third kappa shape index (κ3) is 3.57. The molecule has 1 amide bonds. The molecule has 26 heavy (non-hydrogen) atoms. The predicted octanol–water partition coefficient (Wildman–Crippen LogP) is 3.75. The van der Waals surface area contributed by atoms with Gasteiger partial charge in [0.1, 0.15) is 11.4 Å². The van der Waals surface area contributed by atoms with Crippen molar-refractivity contribution in [1.29, 1.82) is 0 Å². The zero-order chi connectivity index (χ0) is 18.7. The van der Waals surface area contributed by atoms with E-state index in [4.69, 9.17) is 0 Å². The van der Waals surface area contributed by atoms with E-state index < -0.39 is 4.92 Å². The number of para-hydroxylation sites is 2. The minimum atomic E-state index is -0.533. The Labute approximate surface area is 157 Å². The summed E-state index contributed by atoms with van der Waals surface area (Å²) in [6.45, 7) is 0. The number of nitro benzene ring substituents is 1. The van der Waals surface area contributed by atoms with Gasteiger partial charge in [0.2, 0.25) is 6.41 Å². The lowest BCUT2D eigenvalue weighted by atomic mass is 10.1. The van der Waals surface area contributed by atoms with E-state index in [1.54, 1.807) is 35.0 Å². The first-order valence-electron chi connectivity index (χ1n) is 7.54. The Hall–Kier alpha value is -3.20. The van der Waals surface area contributed by atoms with Crippen LogP contribution in [0.25, 0.3) is 11.3 Å². The number of anilines is 2. The molecule has 8 nitrogen and oxygen atoms in total. The highest BCUT2D eigenvalue weighted by Gasteiger charge is 2.19. The van der Waals surface area contributed by atoms with E-state index in [2.05, 4.69) is 26.5 Å². The van der Waals surface area contributed by atoms with Crippen LogP contribution in [0.5, 0.6) is 0 Å². The number of rotatable bonds is 6. The number of nitrogens with one attached hydrogen (secondary N) is 1. The fourth-order valence-corrected chi connectivity index (χ4v) is 3.10. The molecule has 3 rings (SSSR count). The molecule has 0 aliphatic heterocycles. The number of hydrazine groups is 1. The standard InChI is InChI=1S/C17H14BrN5O3/c1-21-10-14(18)17(20-21)12-5-4-6-13(9-12)19-22(11-24)15-7-2-3-8-16(15)23(25)26/h2-11,19H,1H3. The van der Waals surface area contributed by atoms with E-state index in [1.807, 2.05) is 19.3 Å². The van der Waals surface area contributed by atoms with Crippen molar-refractivity contribution >= 4 is 39.4 Å². The number of carbonyl (C=O) groups is 1. The summed E-state index contributed by atoms with van der Waals surface area (Å²) in [5, 5.41) is 16.7. The van der Waals surface area contributed by atoms with Crippen LogP contribution >= 0.6 is 15.9 Å². The molecule has 0 bridgehead atoms. The average Bonchev–Trinajstić information content (AvgIpc) is 2.98. The van der Waals surface area contributed by atoms with Gasteiger partial charge in [0.25, 0.3) is 5.69 Å². The molecule has 3 aromatic rings. The SMILES string of the molecule is Cn1cc(Br)c(-c2cccc(NN(C=O)c3ccccc3[N+](=O)[O-])c2)n1. The molecule has 132 valence electrons. The van der Waals surface area contributed by atoms with Crippen LogP contribution in [-0.4, -0.2) is 21.1 Å². The van der Waals surface area contributed by atoms with Gasteiger partial charge in [0.15, 0.2) is 0 Å². The molecule has 1 N–H and O–H groups in total. The van der Waals surface area contributed by atoms with Crippen LogP contribution < -0.4 is 10.4 Å². The van der Waals surface area contributed by atoms with Crippen LogP contribution in [0.3, 0.4) is 0 Å². The second-order valence-corrected chi connectivity index (χ2v) is 6.27. The van der Waals surface area contributed by atoms with Crippen molar-refractivity contribution in [3.63, 3.8) is 0 Å². The van der Waals surface area contributed by atoms with Gasteiger partial charge in [0.05, 0.1) is 15.1 Å². The third-order valence-corrected chi connectivity index (χ3v) is 4.19. The summed E-state index contributed by atoms with van der Waals surface area (Å²) in [6.07, 6.45) is 2.33. The van der Waals surface area contributed by atoms with Crippen LogP contribution in [-0.2, 0) is 11.8 Å². The van der Waals surface area contributed by atoms with Gasteiger partial charge in [-0.25, -0.2) is 5.01 Å². The summed E-state index contributed by atoms with van der Waals surface area (Å²) in [4.78, 5) is 22.2. The minimum absolute atomic E-state index is 0.150. The van der Waals surface area contributed by atoms with Gasteiger partial charge < -0.3 is 0 Å². The number of halogens is 1. The van der Waals surface area contributed by atoms with Crippen LogP contribution in [0.4, 0.5) is 17.1 Å². The van der Waals surface area contributed by atoms with Gasteiger partial charge in [-0.1, -0.05) is 24.3 Å². The Balaban J connectivity index is 1.93. The van der Waals surface area contributed by atoms with Crippen molar-refractivity contribution in [3.8, 4) is 11.3 Å². The Morgan fingerprint density at radius 3 is 2.69 bits per heavy atom. The highest BCUT2D eigenvalue weighted by atomic mass is 79.9. The number of hydrogen-bond acceptors (Lipinski definition) is 5. The second kappa shape index (κ2) is 7.36. The molecular weight excluding hydrogens is 402 g/mol. The van der Waals surface area contributed by atoms with E-state index in [9.17, 15) is 14.9 Å². The molecule has 2 aromatic carbocycles. The van der Waals surface area contributed by atoms with Crippen molar-refractivity contribution in [3.05, 3.63) is 69.3 Å². The number of nitrogens with zero attached hydrogens (tertiary/aromatic N) is 4. The molecule has 0 saturated carbocycles. The highest BCUT2D eigenvalue weighted by molar-refractivity contribution is 9.10. The molecule has 0 atom stereocenters. The monoisotopic (exact) mass is 415 g/mol. The van der Waals surface area contributed by atoms with Crippen molar-refractivity contribution < 1.29 is 9.72 Å². The maximum Gasteiger partial charge on any atom is 0.294 e. The molecule has 0 unspecified atom stereocenters. The Bertz CT molecular complexity index is 973. The van der Waals surface area contributed by atoms with Gasteiger partial charge in [-0.05, 0) is 34.1 Å². The molecule has 9 heteroatoms. The van der Waals surface area contributed by atoms with Gasteiger partial charge in [-0.3, -0.25) is 25.0 Å². The molecular formula is C17H14BrN5O3. The lowest BCUT2D eigenvalue weighted by Crippen LogP contribution is -2.28. The van der Waals surface area contributed by atoms with Crippen molar-refractivity contribution in [2.75, 3.05) is 10.4 Å². The van der Waals surface area contributed by atoms with Gasteiger partial charge in [0, 0.05) is 24.9 Å². The molecule has 0 radical (unpaired) electrons. The average molecular weight is 416 g/mol. The van der Waals surface area contributed by atoms with Crippen molar-refractivity contribution in [2.24, 2.45) is 7.05 Å². The van der Waals surface area contributed by atoms with Gasteiger partial charge >= 0.3 is 0 Å². The number of hydrogen-bond donors (Lipinski definition) is 1. The smallest absolute Gasteiger partial charge is 0.291 e. The molecule has 0 aliphatic rings. The molecule has 0 fully saturated rings. The molecule has 1 heterocycles. The largest absolute Gasteiger partial charge is 0.294 e. The number of aryl methyl sites for hydroxylation is 1. The van der Waals surface area contributed by atoms with E-state index in [1.165, 1.54) is 12.1 Å². The summed E-state index contributed by atoms with van der Waals surface area (Å²) in [6, 6.07) is 13.3. The van der Waals surface area contributed by atoms with E-state index in [-0.39, 0.29) is 11.4 Å². The summed E-state index contributed by atoms with van der Waals surface area (Å²) >= 11 is 3.46. The van der Waals surface area contributed by atoms with Crippen molar-refractivity contribution in [1.82, 2.24) is 9.78 Å². The fourth-order valence-electron chi connectivity index (χ4n) is 2.50. The number of carbonyl (C=O) groups excluding carboxylic acids is 1. The number of amides is 1. The second-order valence-electron chi connectivity index (χ2n) is 5.41. The van der Waals surface area contributed by atoms with Crippen LogP contribution in [0.15, 0.2) is 59.2 Å². The molecule has 0 saturated heterocycles. The summed E-state index contributed by atoms with van der Waals surface area (Å²) < 4.78 is 2.52. The normalized spacial score (nSPS) is 10.4. The summed E-state index contributed by atoms with van der Waals surface area (Å²) in [7, 11) is 1.82. The lowest BCUT2D eigenvalue weighted by Gasteiger charge is -2.19. The maximum absolute atomic E-state index is 11.5. The summed E-state index contributed by atoms with van der Waals surface area (Å²) in [5.74, 6) is 0. The van der Waals surface area contributed by atoms with Crippen LogP contribution in [0, 0.1) is 10.1 Å². The predicted molar refractivity (Wildman–Crippen MR) is 102 cm³/mol. The minimum Gasteiger partial charge on any atom is -0.291 e. The highest BCUT2D eigenvalue weighted by Crippen LogP contribution is 2.30. The topological polar surface area (TPSA) is 93.3 Å². The van der Waals surface area contributed by atoms with E-state index >= 15 is 0 Å². The van der Waals surface area contributed by atoms with Crippen LogP contribution in [0.2, 0.25) is 0 Å². The van der Waals surface area contributed by atoms with Crippen molar-refractivity contribution in [2.45, 2.75) is 0 Å². The van der Waals surface area contributed by atoms with Gasteiger partial charge in [-0.15, -0.1) is 0 Å². The van der Waals surface area contributed by atoms with E-state index in [0.29, 0.717) is 12.1 Å². The van der Waals surface area contributed by atoms with Crippen LogP contribution in [0.1, 0.15) is 0 Å². The first kappa shape index (κ1) is 17.6. The number of aromatic nitrogens is 2. The zero-order valence-electron chi connectivity index (χ0n) is 13.7. The number of benzene rings is 2. The lowest BCUT2D eigenvalue weighted by molar-refractivity contribution is -0.384.